The number of carbonyl (C=O) groups is 6. The summed E-state index contributed by atoms with van der Waals surface area (Å²) in [6, 6.07) is 12.8. The molecule has 0 aliphatic carbocycles. The summed E-state index contributed by atoms with van der Waals surface area (Å²) in [7, 11) is 0. The van der Waals surface area contributed by atoms with Crippen LogP contribution in [-0.4, -0.2) is 104 Å². The first kappa shape index (κ1) is 45.8. The van der Waals surface area contributed by atoms with Gasteiger partial charge in [0.2, 0.25) is 29.5 Å². The lowest BCUT2D eigenvalue weighted by Crippen LogP contribution is -2.60. The number of H-pyrrole nitrogens is 2. The Morgan fingerprint density at radius 3 is 2.12 bits per heavy atom. The summed E-state index contributed by atoms with van der Waals surface area (Å²) in [5, 5.41) is 26.2. The van der Waals surface area contributed by atoms with Gasteiger partial charge in [0, 0.05) is 77.6 Å². The van der Waals surface area contributed by atoms with Crippen LogP contribution >= 0.6 is 11.8 Å². The second-order valence-electron chi connectivity index (χ2n) is 14.9. The summed E-state index contributed by atoms with van der Waals surface area (Å²) >= 11 is 0.897. The molecule has 0 fully saturated rings. The number of nitro groups is 1. The number of guanidine groups is 1. The van der Waals surface area contributed by atoms with E-state index in [-0.39, 0.29) is 60.8 Å². The third-order valence-corrected chi connectivity index (χ3v) is 11.5. The minimum Gasteiger partial charge on any atom is -0.370 e. The number of hydrogen-bond donors (Lipinski definition) is 10. The minimum atomic E-state index is -1.39. The van der Waals surface area contributed by atoms with Gasteiger partial charge in [-0.1, -0.05) is 48.5 Å². The van der Waals surface area contributed by atoms with Gasteiger partial charge in [0.1, 0.15) is 30.2 Å². The van der Waals surface area contributed by atoms with Gasteiger partial charge in [0.05, 0.1) is 16.8 Å². The van der Waals surface area contributed by atoms with Gasteiger partial charge in [-0.3, -0.25) is 43.9 Å². The molecule has 13 N–H and O–H groups in total. The lowest BCUT2D eigenvalue weighted by molar-refractivity contribution is -0.384. The number of imidazole rings is 1. The molecule has 5 aromatic rings. The molecule has 3 heterocycles. The summed E-state index contributed by atoms with van der Waals surface area (Å²) in [5.74, 6) is -5.47. The number of non-ortho nitro benzene ring substituents is 1. The van der Waals surface area contributed by atoms with Crippen LogP contribution < -0.4 is 43.8 Å². The first-order valence-corrected chi connectivity index (χ1v) is 21.1. The Hall–Kier alpha value is -7.75. The zero-order valence-corrected chi connectivity index (χ0v) is 35.1. The van der Waals surface area contributed by atoms with E-state index in [1.807, 2.05) is 24.3 Å². The van der Waals surface area contributed by atoms with Crippen molar-refractivity contribution in [2.45, 2.75) is 67.2 Å². The lowest BCUT2D eigenvalue weighted by Gasteiger charge is -2.27. The number of rotatable bonds is 12. The van der Waals surface area contributed by atoms with E-state index in [9.17, 15) is 38.9 Å². The fourth-order valence-corrected chi connectivity index (χ4v) is 8.08. The molecule has 21 nitrogen and oxygen atoms in total. The van der Waals surface area contributed by atoms with Crippen molar-refractivity contribution in [2.75, 3.05) is 12.3 Å². The molecule has 22 heteroatoms. The number of fused-ring (bicyclic) bond motifs is 2. The summed E-state index contributed by atoms with van der Waals surface area (Å²) < 4.78 is 0. The monoisotopic (exact) mass is 893 g/mol. The van der Waals surface area contributed by atoms with Crippen molar-refractivity contribution < 1.29 is 33.7 Å². The molecule has 0 saturated heterocycles. The second-order valence-corrected chi connectivity index (χ2v) is 16.0. The van der Waals surface area contributed by atoms with E-state index in [1.165, 1.54) is 18.6 Å². The molecule has 0 bridgehead atoms. The number of hydrogen-bond acceptors (Lipinski definition) is 11. The van der Waals surface area contributed by atoms with Crippen LogP contribution in [0.15, 0.2) is 101 Å². The van der Waals surface area contributed by atoms with Gasteiger partial charge in [-0.15, -0.1) is 11.8 Å². The van der Waals surface area contributed by atoms with E-state index in [4.69, 9.17) is 17.2 Å². The first-order chi connectivity index (χ1) is 30.7. The van der Waals surface area contributed by atoms with Gasteiger partial charge in [0.15, 0.2) is 5.96 Å². The Morgan fingerprint density at radius 2 is 1.44 bits per heavy atom. The van der Waals surface area contributed by atoms with Crippen LogP contribution in [0.25, 0.3) is 10.9 Å². The van der Waals surface area contributed by atoms with E-state index in [1.54, 1.807) is 36.5 Å². The van der Waals surface area contributed by atoms with Gasteiger partial charge < -0.3 is 53.8 Å². The van der Waals surface area contributed by atoms with Crippen LogP contribution in [0.5, 0.6) is 0 Å². The second kappa shape index (κ2) is 21.4. The maximum absolute atomic E-state index is 14.4. The van der Waals surface area contributed by atoms with Crippen molar-refractivity contribution in [1.82, 2.24) is 41.5 Å². The molecule has 0 spiro atoms. The molecule has 6 rings (SSSR count). The molecule has 5 atom stereocenters. The van der Waals surface area contributed by atoms with Gasteiger partial charge in [0.25, 0.3) is 11.6 Å². The Balaban J connectivity index is 1.43. The lowest BCUT2D eigenvalue weighted by atomic mass is 10.0. The predicted octanol–water partition coefficient (Wildman–Crippen LogP) is 0.210. The number of aromatic nitrogens is 3. The number of primary amides is 1. The Kier molecular flexibility index (Phi) is 15.3. The number of amides is 6. The number of para-hydroxylation sites is 1. The number of carbonyl (C=O) groups excluding carboxylic acids is 6. The molecule has 3 aromatic carbocycles. The molecule has 0 radical (unpaired) electrons. The van der Waals surface area contributed by atoms with E-state index in [2.05, 4.69) is 46.5 Å². The average Bonchev–Trinajstić information content (AvgIpc) is 3.95. The average molecular weight is 894 g/mol. The van der Waals surface area contributed by atoms with Crippen LogP contribution in [-0.2, 0) is 43.2 Å². The SMILES string of the molecule is NC(=O)[C@@H]1CSc2ccc([N+](=O)[O-])cc2C(=O)N[C@@H](Cc2cnc[nH]2)C(=O)N[C@H](Cc2ccccc2)C(=O)N[C@@H](CCCN=C(N)N)C(=O)N[C@H](Cc2c[nH]c3ccccc23)C(=O)N1. The van der Waals surface area contributed by atoms with Crippen molar-refractivity contribution in [3.63, 3.8) is 0 Å². The third kappa shape index (κ3) is 12.2. The Morgan fingerprint density at radius 1 is 0.781 bits per heavy atom. The Labute approximate surface area is 369 Å². The number of nitro benzene ring substituents is 1. The number of thioether (sulfide) groups is 1. The molecule has 1 aliphatic rings. The van der Waals surface area contributed by atoms with Gasteiger partial charge >= 0.3 is 0 Å². The molecular weight excluding hydrogens is 847 g/mol. The van der Waals surface area contributed by atoms with Crippen LogP contribution in [0.3, 0.4) is 0 Å². The number of benzene rings is 3. The maximum Gasteiger partial charge on any atom is 0.270 e. The quantitative estimate of drug-likeness (QED) is 0.0264. The van der Waals surface area contributed by atoms with Crippen molar-refractivity contribution in [1.29, 1.82) is 0 Å². The largest absolute Gasteiger partial charge is 0.370 e. The summed E-state index contributed by atoms with van der Waals surface area (Å²) in [6.45, 7) is 0.0872. The fraction of sp³-hybridized carbons (Fsp3) is 0.286. The van der Waals surface area contributed by atoms with Crippen molar-refractivity contribution in [2.24, 2.45) is 22.2 Å². The maximum atomic E-state index is 14.4. The molecule has 0 unspecified atom stereocenters. The number of nitrogens with zero attached hydrogens (tertiary/aromatic N) is 3. The third-order valence-electron chi connectivity index (χ3n) is 10.3. The summed E-state index contributed by atoms with van der Waals surface area (Å²) in [6.07, 6.45) is 4.38. The van der Waals surface area contributed by atoms with Crippen LogP contribution in [0, 0.1) is 10.1 Å². The van der Waals surface area contributed by atoms with Gasteiger partial charge in [-0.2, -0.15) is 0 Å². The van der Waals surface area contributed by atoms with E-state index >= 15 is 0 Å². The highest BCUT2D eigenvalue weighted by Crippen LogP contribution is 2.28. The highest BCUT2D eigenvalue weighted by atomic mass is 32.2. The van der Waals surface area contributed by atoms with Crippen LogP contribution in [0.4, 0.5) is 5.69 Å². The van der Waals surface area contributed by atoms with E-state index < -0.39 is 76.3 Å². The fourth-order valence-electron chi connectivity index (χ4n) is 7.01. The number of nitrogens with two attached hydrogens (primary N) is 3. The molecule has 2 aromatic heterocycles. The van der Waals surface area contributed by atoms with Gasteiger partial charge in [-0.05, 0) is 36.1 Å². The highest BCUT2D eigenvalue weighted by molar-refractivity contribution is 7.99. The number of aliphatic imine (C=N–C) groups is 1. The van der Waals surface area contributed by atoms with Crippen molar-refractivity contribution in [3.05, 3.63) is 124 Å². The van der Waals surface area contributed by atoms with E-state index in [0.29, 0.717) is 16.8 Å². The van der Waals surface area contributed by atoms with Crippen LogP contribution in [0.1, 0.15) is 40.0 Å². The smallest absolute Gasteiger partial charge is 0.270 e. The zero-order chi connectivity index (χ0) is 45.8. The van der Waals surface area contributed by atoms with Crippen molar-refractivity contribution in [3.8, 4) is 0 Å². The van der Waals surface area contributed by atoms with E-state index in [0.717, 1.165) is 34.8 Å². The molecule has 6 amide bonds. The Bertz CT molecular complexity index is 2530. The molecule has 64 heavy (non-hydrogen) atoms. The molecule has 0 saturated carbocycles. The summed E-state index contributed by atoms with van der Waals surface area (Å²) in [4.78, 5) is 110. The standard InChI is InChI=1S/C42H47N13O8S/c43-36(56)34-21-64-35-13-12-26(55(62)63)18-28(35)37(57)51-33(17-25-20-46-22-49-25)41(61)52-31(15-23-7-2-1-3-8-23)39(59)50-30(11-6-14-47-42(44)45)38(58)53-32(40(60)54-34)16-24-19-48-29-10-5-4-9-27(24)29/h1-5,7-10,12-13,18-20,22,30-34,48H,6,11,14-17,21H2,(H2,43,56)(H,46,49)(H,50,59)(H,51,57)(H,52,61)(H,53,58)(H,54,60)(H4,44,45,47)/t30-,31+,32+,33-,34-/m0/s1. The topological polar surface area (TPSA) is 341 Å². The number of nitrogens with one attached hydrogen (secondary N) is 7. The molecular formula is C42H47N13O8S. The highest BCUT2D eigenvalue weighted by Gasteiger charge is 2.34. The normalized spacial score (nSPS) is 20.2. The van der Waals surface area contributed by atoms with Crippen molar-refractivity contribution >= 4 is 69.8 Å². The molecule has 1 aliphatic heterocycles. The number of aromatic amines is 2. The summed E-state index contributed by atoms with van der Waals surface area (Å²) in [5.41, 5.74) is 18.7. The minimum absolute atomic E-state index is 0.0226. The predicted molar refractivity (Wildman–Crippen MR) is 236 cm³/mol. The van der Waals surface area contributed by atoms with Gasteiger partial charge in [-0.25, -0.2) is 4.98 Å². The van der Waals surface area contributed by atoms with Crippen LogP contribution in [0.2, 0.25) is 0 Å². The first-order valence-electron chi connectivity index (χ1n) is 20.1. The molecule has 334 valence electrons. The zero-order valence-electron chi connectivity index (χ0n) is 34.2.